The van der Waals surface area contributed by atoms with Crippen molar-refractivity contribution in [2.45, 2.75) is 137 Å². The average molecular weight is 1370 g/mol. The molecule has 0 radical (unpaired) electrons. The number of carboxylic acid groups (broad SMARTS) is 1. The van der Waals surface area contributed by atoms with Crippen LogP contribution in [-0.4, -0.2) is 120 Å². The van der Waals surface area contributed by atoms with Crippen LogP contribution in [0, 0.1) is 61.2 Å². The largest absolute Gasteiger partial charge is 0.508 e. The third-order valence-electron chi connectivity index (χ3n) is 15.0. The second kappa shape index (κ2) is 41.7. The zero-order valence-electron chi connectivity index (χ0n) is 50.6. The van der Waals surface area contributed by atoms with Gasteiger partial charge in [0.15, 0.2) is 26.3 Å². The van der Waals surface area contributed by atoms with E-state index in [0.717, 1.165) is 101 Å². The molecule has 0 saturated heterocycles. The van der Waals surface area contributed by atoms with Gasteiger partial charge in [0.05, 0.1) is 36.8 Å². The number of anilines is 1. The summed E-state index contributed by atoms with van der Waals surface area (Å²) in [5.74, 6) is -0.479. The number of aromatic nitrogens is 1. The molecule has 3 aromatic rings. The summed E-state index contributed by atoms with van der Waals surface area (Å²) in [5.41, 5.74) is 23.9. The van der Waals surface area contributed by atoms with Crippen LogP contribution in [-0.2, 0) is 47.8 Å². The van der Waals surface area contributed by atoms with Crippen LogP contribution in [0.3, 0.4) is 0 Å². The van der Waals surface area contributed by atoms with Crippen molar-refractivity contribution in [1.29, 1.82) is 0 Å². The van der Waals surface area contributed by atoms with Crippen LogP contribution in [0.4, 0.5) is 5.13 Å². The number of rotatable bonds is 15. The highest BCUT2D eigenvalue weighted by Crippen LogP contribution is 2.36. The molecular formula is C60H87BrN8O15S4. The molecule has 7 rings (SSSR count). The number of Topliss-reactive ketones (excluding diaryl/α,β-unsaturated/α-hetero) is 1. The minimum atomic E-state index is -0.698. The number of aliphatic carboxylic acids is 1. The highest BCUT2D eigenvalue weighted by atomic mass is 79.9. The number of nitrogens with zero attached hydrogens (tertiary/aromatic N) is 1. The maximum absolute atomic E-state index is 12.3. The van der Waals surface area contributed by atoms with E-state index < -0.39 is 5.97 Å². The molecule has 2 aromatic carbocycles. The van der Waals surface area contributed by atoms with Crippen molar-refractivity contribution in [2.75, 3.05) is 37.1 Å². The van der Waals surface area contributed by atoms with Gasteiger partial charge in [0.25, 0.3) is 0 Å². The lowest BCUT2D eigenvalue weighted by Crippen LogP contribution is -2.40. The Morgan fingerprint density at radius 1 is 0.602 bits per heavy atom. The Bertz CT molecular complexity index is 2730. The molecule has 1 aromatic heterocycles. The minimum Gasteiger partial charge on any atom is -0.508 e. The number of ketones is 1. The fraction of sp³-hybridized carbons (Fsp3) is 0.567. The van der Waals surface area contributed by atoms with Crippen LogP contribution in [0.2, 0.25) is 0 Å². The van der Waals surface area contributed by atoms with Gasteiger partial charge in [0.1, 0.15) is 11.5 Å². The molecule has 0 spiro atoms. The number of aryl methyl sites for hydroxylation is 2. The van der Waals surface area contributed by atoms with E-state index >= 15 is 0 Å². The zero-order valence-corrected chi connectivity index (χ0v) is 55.4. The Kier molecular flexibility index (Phi) is 36.8. The second-order valence-corrected chi connectivity index (χ2v) is 24.8. The lowest BCUT2D eigenvalue weighted by molar-refractivity contribution is -0.146. The van der Waals surface area contributed by atoms with Crippen LogP contribution in [0.5, 0.6) is 11.5 Å². The van der Waals surface area contributed by atoms with Crippen LogP contribution < -0.4 is 38.9 Å². The Morgan fingerprint density at radius 2 is 1.00 bits per heavy atom. The molecule has 0 atom stereocenters. The van der Waals surface area contributed by atoms with E-state index in [1.807, 2.05) is 32.0 Å². The number of esters is 3. The highest BCUT2D eigenvalue weighted by molar-refractivity contribution is 9.09. The monoisotopic (exact) mass is 1370 g/mol. The number of phenolic OH excluding ortho intramolecular Hbond substituents is 2. The average Bonchev–Trinajstić information content (AvgIpc) is 4.05. The Labute approximate surface area is 543 Å². The number of aromatic hydroxyl groups is 2. The first-order chi connectivity index (χ1) is 41.5. The van der Waals surface area contributed by atoms with Crippen LogP contribution in [0.1, 0.15) is 145 Å². The molecule has 88 heavy (non-hydrogen) atoms. The molecule has 28 heteroatoms. The number of hydrogen-bond acceptors (Lipinski definition) is 19. The summed E-state index contributed by atoms with van der Waals surface area (Å²) in [6.45, 7) is 9.74. The Balaban J connectivity index is 0.000000376. The molecule has 4 aliphatic rings. The number of hydrogen-bond donors (Lipinski definition) is 11. The van der Waals surface area contributed by atoms with Gasteiger partial charge in [0, 0.05) is 67.7 Å². The number of aliphatic hydroxyl groups is 1. The summed E-state index contributed by atoms with van der Waals surface area (Å²) in [4.78, 5) is 93.7. The predicted octanol–water partition coefficient (Wildman–Crippen LogP) is 7.90. The topological polar surface area (TPSA) is 398 Å². The fourth-order valence-corrected chi connectivity index (χ4v) is 11.3. The first kappa shape index (κ1) is 77.6. The number of halogens is 1. The van der Waals surface area contributed by atoms with Crippen LogP contribution in [0.15, 0.2) is 41.8 Å². The van der Waals surface area contributed by atoms with Crippen LogP contribution >= 0.6 is 63.9 Å². The number of nitrogens with two attached hydrogens (primary N) is 4. The number of amides is 3. The van der Waals surface area contributed by atoms with E-state index in [-0.39, 0.29) is 98.5 Å². The van der Waals surface area contributed by atoms with Crippen LogP contribution in [0.25, 0.3) is 11.3 Å². The number of carboxylic acids is 1. The number of thiazole rings is 1. The number of ether oxygens (including phenoxy) is 3. The first-order valence-electron chi connectivity index (χ1n) is 29.0. The molecule has 15 N–H and O–H groups in total. The summed E-state index contributed by atoms with van der Waals surface area (Å²) in [5, 5.41) is 47.6. The number of thiocarbonyl (C=S) groups is 3. The molecule has 0 aliphatic heterocycles. The quantitative estimate of drug-likeness (QED) is 0.0226. The van der Waals surface area contributed by atoms with Gasteiger partial charge in [-0.1, -0.05) is 39.7 Å². The maximum Gasteiger partial charge on any atom is 0.306 e. The number of aliphatic hydroxyl groups excluding tert-OH is 1. The normalized spacial score (nSPS) is 20.8. The zero-order chi connectivity index (χ0) is 66.0. The molecule has 23 nitrogen and oxygen atoms in total. The molecule has 1 heterocycles. The summed E-state index contributed by atoms with van der Waals surface area (Å²) in [7, 11) is 0. The fourth-order valence-electron chi connectivity index (χ4n) is 10.1. The number of nitrogens with one attached hydrogen (secondary N) is 3. The maximum atomic E-state index is 12.3. The lowest BCUT2D eigenvalue weighted by Gasteiger charge is -2.27. The van der Waals surface area contributed by atoms with E-state index in [2.05, 4.69) is 85.0 Å². The molecule has 0 unspecified atom stereocenters. The van der Waals surface area contributed by atoms with Gasteiger partial charge in [0.2, 0.25) is 17.7 Å². The van der Waals surface area contributed by atoms with Crippen molar-refractivity contribution >= 4 is 132 Å². The summed E-state index contributed by atoms with van der Waals surface area (Å²) in [6.07, 6.45) is 13.2. The number of alkyl halides is 1. The van der Waals surface area contributed by atoms with Gasteiger partial charge in [-0.15, -0.1) is 11.3 Å². The molecule has 488 valence electrons. The van der Waals surface area contributed by atoms with Gasteiger partial charge in [-0.3, -0.25) is 38.4 Å². The summed E-state index contributed by atoms with van der Waals surface area (Å²) in [6, 6.07) is 10.2. The smallest absolute Gasteiger partial charge is 0.306 e. The lowest BCUT2D eigenvalue weighted by atomic mass is 9.82. The van der Waals surface area contributed by atoms with Crippen molar-refractivity contribution in [3.05, 3.63) is 58.5 Å². The Hall–Kier alpha value is -6.46. The first-order valence-corrected chi connectivity index (χ1v) is 32.2. The number of benzene rings is 2. The SMILES string of the molecule is CC(=O)OCC1CCC(C(=O)NC(N)=S)CC1.CC(=O)OCC1CCC(C(=O)NC(N)=S)CC1.CC(=O)OCC1CCC(C(=O)O)CC1.Cc1ccc(C(=O)CBr)c(C)c1.NC(N)=S.O=C(Nc1nc(-c2ccc(O)cc2O)cs1)C1CCC(CO)CC1. The van der Waals surface area contributed by atoms with Crippen molar-refractivity contribution in [3.63, 3.8) is 0 Å². The van der Waals surface area contributed by atoms with Gasteiger partial charge in [-0.2, -0.15) is 0 Å². The third-order valence-corrected chi connectivity index (χ3v) is 16.4. The summed E-state index contributed by atoms with van der Waals surface area (Å²) >= 11 is 17.8. The molecule has 3 amide bonds. The third kappa shape index (κ3) is 32.1. The van der Waals surface area contributed by atoms with Crippen molar-refractivity contribution in [3.8, 4) is 22.8 Å². The van der Waals surface area contributed by atoms with Crippen molar-refractivity contribution < 1.29 is 73.0 Å². The Morgan fingerprint density at radius 3 is 1.35 bits per heavy atom. The summed E-state index contributed by atoms with van der Waals surface area (Å²) < 4.78 is 14.8. The molecule has 4 aliphatic carbocycles. The van der Waals surface area contributed by atoms with Gasteiger partial charge in [-0.25, -0.2) is 4.98 Å². The number of carbonyl (C=O) groups excluding carboxylic acids is 7. The van der Waals surface area contributed by atoms with Gasteiger partial charge >= 0.3 is 23.9 Å². The molecule has 0 bridgehead atoms. The molecule has 4 saturated carbocycles. The molecule has 4 fully saturated rings. The number of phenols is 2. The molecular weight excluding hydrogens is 1280 g/mol. The van der Waals surface area contributed by atoms with Crippen molar-refractivity contribution in [1.82, 2.24) is 15.6 Å². The highest BCUT2D eigenvalue weighted by Gasteiger charge is 2.30. The second-order valence-electron chi connectivity index (χ2n) is 22.0. The van der Waals surface area contributed by atoms with E-state index in [1.54, 1.807) is 11.4 Å². The standard InChI is InChI=1S/C17H20N2O4S.2C11H18N2O3S.C10H11BrO.C10H16O4.CH4N2S/c20-8-10-1-3-11(4-2-10)16(23)19-17-18-14(9-24-17)13-6-5-12(21)7-15(13)22;2*1-7(14)16-6-8-2-4-9(5-3-8)10(15)13-11(12)17;1-7-3-4-9(8(2)5-7)10(12)6-11;1-7(11)14-6-8-2-4-9(5-3-8)10(12)13;2-1(3)4/h5-7,9-11,20-22H,1-4,8H2,(H,18,19,23);2*8-9H,2-6H2,1H3,(H3,12,13,15,17);3-5H,6H2,1-2H3;8-9H,2-6H2,1H3,(H,12,13);(H4,2,3,4). The minimum absolute atomic E-state index is 0.000000000000000222. The van der Waals surface area contributed by atoms with Gasteiger partial charge in [-0.05, 0) is 195 Å². The number of carbonyl (C=O) groups is 8. The predicted molar refractivity (Wildman–Crippen MR) is 351 cm³/mol. The van der Waals surface area contributed by atoms with Crippen molar-refractivity contribution in [2.24, 2.45) is 70.3 Å². The van der Waals surface area contributed by atoms with E-state index in [9.17, 15) is 48.6 Å². The van der Waals surface area contributed by atoms with E-state index in [1.165, 1.54) is 49.8 Å². The van der Waals surface area contributed by atoms with Gasteiger partial charge < -0.3 is 73.5 Å². The van der Waals surface area contributed by atoms with E-state index in [0.29, 0.717) is 78.1 Å². The van der Waals surface area contributed by atoms with E-state index in [4.69, 9.17) is 35.9 Å².